The van der Waals surface area contributed by atoms with Gasteiger partial charge in [0.25, 0.3) is 0 Å². The largest absolute Gasteiger partial charge is 0.353 e. The molecule has 0 atom stereocenters. The van der Waals surface area contributed by atoms with Crippen LogP contribution in [0.5, 0.6) is 0 Å². The summed E-state index contributed by atoms with van der Waals surface area (Å²) in [4.78, 5) is 22.8. The van der Waals surface area contributed by atoms with Gasteiger partial charge in [0, 0.05) is 25.8 Å². The molecule has 0 saturated carbocycles. The number of nitrogens with zero attached hydrogens (tertiary/aromatic N) is 7. The zero-order valence-corrected chi connectivity index (χ0v) is 13.4. The summed E-state index contributed by atoms with van der Waals surface area (Å²) in [5.74, 6) is 0.469. The van der Waals surface area contributed by atoms with Gasteiger partial charge in [0.15, 0.2) is 17.0 Å². The Hall–Kier alpha value is -3.54. The molecule has 0 bridgehead atoms. The first-order valence-corrected chi connectivity index (χ1v) is 7.72. The lowest BCUT2D eigenvalue weighted by Gasteiger charge is -2.38. The van der Waals surface area contributed by atoms with E-state index in [-0.39, 0.29) is 11.8 Å². The number of carbonyl (C=O) groups excluding carboxylic acids is 1. The number of hydrogen-bond donors (Lipinski definition) is 1. The third-order valence-corrected chi connectivity index (χ3v) is 4.18. The first-order chi connectivity index (χ1) is 12.2. The molecule has 0 unspecified atom stereocenters. The number of hydrogen-bond acceptors (Lipinski definition) is 7. The zero-order valence-electron chi connectivity index (χ0n) is 13.4. The first-order valence-electron chi connectivity index (χ1n) is 7.72. The first kappa shape index (κ1) is 15.0. The Bertz CT molecular complexity index is 999. The Morgan fingerprint density at radius 3 is 3.00 bits per heavy atom. The number of anilines is 2. The van der Waals surface area contributed by atoms with Gasteiger partial charge in [0.2, 0.25) is 5.91 Å². The van der Waals surface area contributed by atoms with Crippen LogP contribution in [0.2, 0.25) is 0 Å². The molecule has 9 heteroatoms. The second-order valence-corrected chi connectivity index (χ2v) is 5.87. The van der Waals surface area contributed by atoms with Gasteiger partial charge in [-0.25, -0.2) is 14.6 Å². The van der Waals surface area contributed by atoms with Crippen LogP contribution in [0.25, 0.3) is 11.2 Å². The van der Waals surface area contributed by atoms with Gasteiger partial charge in [-0.2, -0.15) is 5.26 Å². The summed E-state index contributed by atoms with van der Waals surface area (Å²) >= 11 is 0. The Morgan fingerprint density at radius 2 is 2.20 bits per heavy atom. The van der Waals surface area contributed by atoms with E-state index in [0.717, 1.165) is 0 Å². The second-order valence-electron chi connectivity index (χ2n) is 5.87. The highest BCUT2D eigenvalue weighted by molar-refractivity contribution is 5.95. The van der Waals surface area contributed by atoms with Crippen LogP contribution < -0.4 is 10.2 Å². The minimum Gasteiger partial charge on any atom is -0.353 e. The SMILES string of the molecule is Cn1nnc2c(N3CC(C(=O)Nc4cccc(C#N)c4)C3)ncnc21. The molecule has 1 aliphatic rings. The van der Waals surface area contributed by atoms with E-state index < -0.39 is 0 Å². The molecule has 25 heavy (non-hydrogen) atoms. The van der Waals surface area contributed by atoms with E-state index in [2.05, 4.69) is 31.7 Å². The normalized spacial score (nSPS) is 14.2. The third kappa shape index (κ3) is 2.63. The Labute approximate surface area is 142 Å². The van der Waals surface area contributed by atoms with E-state index in [9.17, 15) is 4.79 Å². The van der Waals surface area contributed by atoms with Crippen molar-refractivity contribution in [1.29, 1.82) is 5.26 Å². The minimum absolute atomic E-state index is 0.0733. The molecule has 3 aromatic rings. The maximum Gasteiger partial charge on any atom is 0.231 e. The number of nitrogens with one attached hydrogen (secondary N) is 1. The monoisotopic (exact) mass is 334 g/mol. The van der Waals surface area contributed by atoms with Crippen molar-refractivity contribution >= 4 is 28.6 Å². The Balaban J connectivity index is 1.44. The standard InChI is InChI=1S/C16H14N8O/c1-23-14-13(21-22-23)15(19-9-18-14)24-7-11(8-24)16(25)20-12-4-2-3-10(5-12)6-17/h2-5,9,11H,7-8H2,1H3,(H,20,25). The fourth-order valence-corrected chi connectivity index (χ4v) is 2.80. The van der Waals surface area contributed by atoms with E-state index in [1.807, 2.05) is 4.90 Å². The van der Waals surface area contributed by atoms with Gasteiger partial charge >= 0.3 is 0 Å². The molecule has 9 nitrogen and oxygen atoms in total. The summed E-state index contributed by atoms with van der Waals surface area (Å²) in [5, 5.41) is 19.8. The highest BCUT2D eigenvalue weighted by Crippen LogP contribution is 2.28. The van der Waals surface area contributed by atoms with Crippen LogP contribution in [0.15, 0.2) is 30.6 Å². The van der Waals surface area contributed by atoms with Gasteiger partial charge in [-0.1, -0.05) is 11.3 Å². The molecule has 4 rings (SSSR count). The summed E-state index contributed by atoms with van der Waals surface area (Å²) in [6.07, 6.45) is 1.47. The molecular formula is C16H14N8O. The fraction of sp³-hybridized carbons (Fsp3) is 0.250. The molecule has 1 N–H and O–H groups in total. The van der Waals surface area contributed by atoms with Crippen molar-refractivity contribution in [2.75, 3.05) is 23.3 Å². The highest BCUT2D eigenvalue weighted by atomic mass is 16.2. The fourth-order valence-electron chi connectivity index (χ4n) is 2.80. The summed E-state index contributed by atoms with van der Waals surface area (Å²) in [5.41, 5.74) is 2.43. The van der Waals surface area contributed by atoms with Crippen LogP contribution >= 0.6 is 0 Å². The van der Waals surface area contributed by atoms with Crippen LogP contribution in [-0.2, 0) is 11.8 Å². The van der Waals surface area contributed by atoms with Crippen LogP contribution in [0, 0.1) is 17.2 Å². The molecule has 0 spiro atoms. The topological polar surface area (TPSA) is 113 Å². The maximum atomic E-state index is 12.4. The van der Waals surface area contributed by atoms with Gasteiger partial charge in [-0.3, -0.25) is 4.79 Å². The number of rotatable bonds is 3. The van der Waals surface area contributed by atoms with Gasteiger partial charge in [-0.15, -0.1) is 5.10 Å². The average molecular weight is 334 g/mol. The van der Waals surface area contributed by atoms with Gasteiger partial charge in [-0.05, 0) is 18.2 Å². The molecule has 124 valence electrons. The lowest BCUT2D eigenvalue weighted by atomic mass is 9.99. The van der Waals surface area contributed by atoms with E-state index in [1.54, 1.807) is 36.0 Å². The second kappa shape index (κ2) is 5.83. The summed E-state index contributed by atoms with van der Waals surface area (Å²) in [6, 6.07) is 8.92. The Kier molecular flexibility index (Phi) is 3.50. The van der Waals surface area contributed by atoms with Crippen LogP contribution in [-0.4, -0.2) is 44.0 Å². The number of amides is 1. The van der Waals surface area contributed by atoms with Crippen molar-refractivity contribution in [2.45, 2.75) is 0 Å². The molecule has 0 aliphatic carbocycles. The lowest BCUT2D eigenvalue weighted by molar-refractivity contribution is -0.120. The van der Waals surface area contributed by atoms with Crippen molar-refractivity contribution in [1.82, 2.24) is 25.0 Å². The summed E-state index contributed by atoms with van der Waals surface area (Å²) in [7, 11) is 1.77. The van der Waals surface area contributed by atoms with E-state index >= 15 is 0 Å². The number of aryl methyl sites for hydroxylation is 1. The number of fused-ring (bicyclic) bond motifs is 1. The summed E-state index contributed by atoms with van der Waals surface area (Å²) in [6.45, 7) is 1.10. The predicted molar refractivity (Wildman–Crippen MR) is 89.6 cm³/mol. The van der Waals surface area contributed by atoms with Gasteiger partial charge in [0.1, 0.15) is 6.33 Å². The molecule has 1 fully saturated rings. The number of carbonyl (C=O) groups is 1. The van der Waals surface area contributed by atoms with E-state index in [0.29, 0.717) is 41.3 Å². The average Bonchev–Trinajstić information content (AvgIpc) is 2.96. The van der Waals surface area contributed by atoms with Crippen LogP contribution in [0.1, 0.15) is 5.56 Å². The van der Waals surface area contributed by atoms with Crippen molar-refractivity contribution in [3.8, 4) is 6.07 Å². The molecule has 2 aromatic heterocycles. The third-order valence-electron chi connectivity index (χ3n) is 4.18. The van der Waals surface area contributed by atoms with Crippen molar-refractivity contribution < 1.29 is 4.79 Å². The molecule has 1 aromatic carbocycles. The van der Waals surface area contributed by atoms with Crippen LogP contribution in [0.3, 0.4) is 0 Å². The lowest BCUT2D eigenvalue weighted by Crippen LogP contribution is -2.52. The zero-order chi connectivity index (χ0) is 17.4. The van der Waals surface area contributed by atoms with E-state index in [4.69, 9.17) is 5.26 Å². The number of benzene rings is 1. The summed E-state index contributed by atoms with van der Waals surface area (Å²) < 4.78 is 1.59. The Morgan fingerprint density at radius 1 is 1.36 bits per heavy atom. The van der Waals surface area contributed by atoms with Gasteiger partial charge < -0.3 is 10.2 Å². The smallest absolute Gasteiger partial charge is 0.231 e. The molecule has 1 saturated heterocycles. The van der Waals surface area contributed by atoms with Crippen molar-refractivity contribution in [2.24, 2.45) is 13.0 Å². The predicted octanol–water partition coefficient (Wildman–Crippen LogP) is 0.705. The van der Waals surface area contributed by atoms with Crippen molar-refractivity contribution in [3.63, 3.8) is 0 Å². The molecule has 0 radical (unpaired) electrons. The van der Waals surface area contributed by atoms with Gasteiger partial charge in [0.05, 0.1) is 17.6 Å². The van der Waals surface area contributed by atoms with Crippen LogP contribution in [0.4, 0.5) is 11.5 Å². The number of aromatic nitrogens is 5. The number of nitriles is 1. The molecular weight excluding hydrogens is 320 g/mol. The molecule has 3 heterocycles. The minimum atomic E-state index is -0.146. The van der Waals surface area contributed by atoms with E-state index in [1.165, 1.54) is 6.33 Å². The van der Waals surface area contributed by atoms with Crippen molar-refractivity contribution in [3.05, 3.63) is 36.2 Å². The quantitative estimate of drug-likeness (QED) is 0.750. The maximum absolute atomic E-state index is 12.4. The highest BCUT2D eigenvalue weighted by Gasteiger charge is 2.35. The molecule has 1 amide bonds. The molecule has 1 aliphatic heterocycles.